The number of aromatic hydroxyl groups is 1. The highest BCUT2D eigenvalue weighted by molar-refractivity contribution is 5.66. The number of phenolic OH excluding ortho intramolecular Hbond substituents is 1. The van der Waals surface area contributed by atoms with E-state index in [1.54, 1.807) is 26.0 Å². The number of rotatable bonds is 4. The molecule has 0 aliphatic rings. The van der Waals surface area contributed by atoms with Crippen LogP contribution in [0.2, 0.25) is 0 Å². The third-order valence-corrected chi connectivity index (χ3v) is 3.07. The zero-order valence-electron chi connectivity index (χ0n) is 11.9. The van der Waals surface area contributed by atoms with Crippen molar-refractivity contribution in [2.45, 2.75) is 27.2 Å². The molecule has 106 valence electrons. The maximum atomic E-state index is 11.8. The number of aromatic nitrogens is 2. The number of ether oxygens (including phenoxy) is 1. The third kappa shape index (κ3) is 2.82. The van der Waals surface area contributed by atoms with Crippen LogP contribution < -0.4 is 10.3 Å². The minimum Gasteiger partial charge on any atom is -0.508 e. The Labute approximate surface area is 117 Å². The van der Waals surface area contributed by atoms with Crippen molar-refractivity contribution in [2.75, 3.05) is 6.61 Å². The van der Waals surface area contributed by atoms with Gasteiger partial charge in [0.2, 0.25) is 0 Å². The minimum absolute atomic E-state index is 0.102. The van der Waals surface area contributed by atoms with E-state index in [1.807, 2.05) is 6.92 Å². The van der Waals surface area contributed by atoms with Crippen LogP contribution in [0.5, 0.6) is 11.5 Å². The van der Waals surface area contributed by atoms with Crippen molar-refractivity contribution < 1.29 is 9.84 Å². The highest BCUT2D eigenvalue weighted by Crippen LogP contribution is 2.31. The lowest BCUT2D eigenvalue weighted by Gasteiger charge is -2.11. The maximum absolute atomic E-state index is 11.8. The van der Waals surface area contributed by atoms with Gasteiger partial charge in [0.25, 0.3) is 5.56 Å². The number of hydrogen-bond donors (Lipinski definition) is 2. The van der Waals surface area contributed by atoms with E-state index in [0.29, 0.717) is 35.0 Å². The van der Waals surface area contributed by atoms with Crippen LogP contribution in [0, 0.1) is 13.8 Å². The Kier molecular flexibility index (Phi) is 4.08. The van der Waals surface area contributed by atoms with E-state index in [9.17, 15) is 9.90 Å². The molecule has 5 heteroatoms. The molecule has 0 spiro atoms. The topological polar surface area (TPSA) is 75.2 Å². The minimum atomic E-state index is -0.183. The molecular weight excluding hydrogens is 256 g/mol. The number of benzene rings is 1. The summed E-state index contributed by atoms with van der Waals surface area (Å²) in [5.41, 5.74) is 1.65. The summed E-state index contributed by atoms with van der Waals surface area (Å²) in [7, 11) is 0. The number of aryl methyl sites for hydroxylation is 1. The van der Waals surface area contributed by atoms with Crippen LogP contribution in [0.1, 0.15) is 24.6 Å². The second-order valence-electron chi connectivity index (χ2n) is 4.65. The maximum Gasteiger partial charge on any atom is 0.254 e. The molecule has 0 atom stereocenters. The van der Waals surface area contributed by atoms with Gasteiger partial charge in [0.15, 0.2) is 0 Å². The van der Waals surface area contributed by atoms with E-state index in [2.05, 4.69) is 9.97 Å². The van der Waals surface area contributed by atoms with E-state index in [1.165, 1.54) is 6.07 Å². The van der Waals surface area contributed by atoms with Crippen molar-refractivity contribution in [1.82, 2.24) is 9.97 Å². The first kappa shape index (κ1) is 14.1. The first-order chi connectivity index (χ1) is 9.52. The number of aromatic amines is 1. The Morgan fingerprint density at radius 3 is 2.75 bits per heavy atom. The highest BCUT2D eigenvalue weighted by atomic mass is 16.5. The van der Waals surface area contributed by atoms with E-state index < -0.39 is 0 Å². The molecule has 2 N–H and O–H groups in total. The molecule has 0 saturated carbocycles. The van der Waals surface area contributed by atoms with Gasteiger partial charge in [0.05, 0.1) is 12.2 Å². The van der Waals surface area contributed by atoms with Gasteiger partial charge < -0.3 is 14.8 Å². The Hall–Kier alpha value is -2.30. The average molecular weight is 274 g/mol. The molecular formula is C15H18N2O3. The van der Waals surface area contributed by atoms with Gasteiger partial charge in [-0.05, 0) is 38.5 Å². The SMILES string of the molecule is CCCOc1ccc(O)cc1-c1nc(C)c(C)c(=O)[nH]1. The van der Waals surface area contributed by atoms with E-state index in [4.69, 9.17) is 4.74 Å². The van der Waals surface area contributed by atoms with Crippen LogP contribution in [0.3, 0.4) is 0 Å². The molecule has 1 heterocycles. The largest absolute Gasteiger partial charge is 0.508 e. The number of nitrogens with one attached hydrogen (secondary N) is 1. The summed E-state index contributed by atoms with van der Waals surface area (Å²) in [6.45, 7) is 6.08. The third-order valence-electron chi connectivity index (χ3n) is 3.07. The Morgan fingerprint density at radius 2 is 2.10 bits per heavy atom. The zero-order valence-corrected chi connectivity index (χ0v) is 11.9. The Bertz CT molecular complexity index is 677. The fourth-order valence-corrected chi connectivity index (χ4v) is 1.81. The van der Waals surface area contributed by atoms with E-state index in [0.717, 1.165) is 6.42 Å². The molecule has 0 aliphatic carbocycles. The summed E-state index contributed by atoms with van der Waals surface area (Å²) in [4.78, 5) is 18.9. The van der Waals surface area contributed by atoms with E-state index in [-0.39, 0.29) is 11.3 Å². The summed E-state index contributed by atoms with van der Waals surface area (Å²) in [6, 6.07) is 4.77. The number of nitrogens with zero attached hydrogens (tertiary/aromatic N) is 1. The van der Waals surface area contributed by atoms with Crippen LogP contribution in [0.4, 0.5) is 0 Å². The lowest BCUT2D eigenvalue weighted by Crippen LogP contribution is -2.14. The molecule has 0 radical (unpaired) electrons. The molecule has 2 rings (SSSR count). The smallest absolute Gasteiger partial charge is 0.254 e. The van der Waals surface area contributed by atoms with Crippen LogP contribution in [0.25, 0.3) is 11.4 Å². The number of phenols is 1. The predicted molar refractivity (Wildman–Crippen MR) is 77.2 cm³/mol. The van der Waals surface area contributed by atoms with Crippen LogP contribution in [0.15, 0.2) is 23.0 Å². The fraction of sp³-hybridized carbons (Fsp3) is 0.333. The summed E-state index contributed by atoms with van der Waals surface area (Å²) in [6.07, 6.45) is 0.872. The summed E-state index contributed by atoms with van der Waals surface area (Å²) >= 11 is 0. The molecule has 0 amide bonds. The molecule has 1 aromatic heterocycles. The summed E-state index contributed by atoms with van der Waals surface area (Å²) in [5.74, 6) is 1.10. The Morgan fingerprint density at radius 1 is 1.35 bits per heavy atom. The molecule has 0 saturated heterocycles. The first-order valence-corrected chi connectivity index (χ1v) is 6.56. The second kappa shape index (κ2) is 5.77. The molecule has 0 unspecified atom stereocenters. The molecule has 0 bridgehead atoms. The van der Waals surface area contributed by atoms with Crippen molar-refractivity contribution in [3.8, 4) is 22.9 Å². The highest BCUT2D eigenvalue weighted by Gasteiger charge is 2.12. The molecule has 0 aliphatic heterocycles. The first-order valence-electron chi connectivity index (χ1n) is 6.56. The van der Waals surface area contributed by atoms with Crippen molar-refractivity contribution in [1.29, 1.82) is 0 Å². The molecule has 2 aromatic rings. The number of H-pyrrole nitrogens is 1. The van der Waals surface area contributed by atoms with Gasteiger partial charge in [0, 0.05) is 11.3 Å². The van der Waals surface area contributed by atoms with Gasteiger partial charge >= 0.3 is 0 Å². The molecule has 0 fully saturated rings. The van der Waals surface area contributed by atoms with Crippen LogP contribution in [-0.4, -0.2) is 21.7 Å². The predicted octanol–water partition coefficient (Wildman–Crippen LogP) is 2.55. The quantitative estimate of drug-likeness (QED) is 0.898. The molecule has 1 aromatic carbocycles. The van der Waals surface area contributed by atoms with Crippen molar-refractivity contribution in [2.24, 2.45) is 0 Å². The lowest BCUT2D eigenvalue weighted by molar-refractivity contribution is 0.318. The van der Waals surface area contributed by atoms with Gasteiger partial charge in [0.1, 0.15) is 17.3 Å². The Balaban J connectivity index is 2.56. The van der Waals surface area contributed by atoms with E-state index >= 15 is 0 Å². The summed E-state index contributed by atoms with van der Waals surface area (Å²) in [5, 5.41) is 9.64. The molecule has 20 heavy (non-hydrogen) atoms. The molecule has 5 nitrogen and oxygen atoms in total. The monoisotopic (exact) mass is 274 g/mol. The van der Waals surface area contributed by atoms with Crippen LogP contribution in [-0.2, 0) is 0 Å². The van der Waals surface area contributed by atoms with Gasteiger partial charge in [-0.2, -0.15) is 0 Å². The second-order valence-corrected chi connectivity index (χ2v) is 4.65. The van der Waals surface area contributed by atoms with Crippen LogP contribution >= 0.6 is 0 Å². The lowest BCUT2D eigenvalue weighted by atomic mass is 10.1. The fourth-order valence-electron chi connectivity index (χ4n) is 1.81. The van der Waals surface area contributed by atoms with Crippen molar-refractivity contribution in [3.63, 3.8) is 0 Å². The van der Waals surface area contributed by atoms with Gasteiger partial charge in [-0.25, -0.2) is 4.98 Å². The van der Waals surface area contributed by atoms with Crippen molar-refractivity contribution >= 4 is 0 Å². The standard InChI is InChI=1S/C15H18N2O3/c1-4-7-20-13-6-5-11(18)8-12(13)14-16-10(3)9(2)15(19)17-14/h5-6,8,18H,4,7H2,1-3H3,(H,16,17,19). The summed E-state index contributed by atoms with van der Waals surface area (Å²) < 4.78 is 5.63. The van der Waals surface area contributed by atoms with Gasteiger partial charge in [-0.3, -0.25) is 4.79 Å². The zero-order chi connectivity index (χ0) is 14.7. The van der Waals surface area contributed by atoms with Gasteiger partial charge in [-0.1, -0.05) is 6.92 Å². The average Bonchev–Trinajstić information content (AvgIpc) is 2.43. The van der Waals surface area contributed by atoms with Gasteiger partial charge in [-0.15, -0.1) is 0 Å². The normalized spacial score (nSPS) is 10.6. The number of hydrogen-bond acceptors (Lipinski definition) is 4. The van der Waals surface area contributed by atoms with Crippen molar-refractivity contribution in [3.05, 3.63) is 39.8 Å².